The number of amides is 1. The quantitative estimate of drug-likeness (QED) is 0.683. The lowest BCUT2D eigenvalue weighted by molar-refractivity contribution is -0.132. The Morgan fingerprint density at radius 3 is 2.45 bits per heavy atom. The van der Waals surface area contributed by atoms with E-state index >= 15 is 0 Å². The standard InChI is InChI=1S/C24H30N4O/c1-5-26-11-13-27(14-12-26)22(29)16-21-23(20-9-8-17(2)19(4)15-20)25-24-18(3)7-6-10-28(21)24/h6-10,15H,5,11-14,16H2,1-4H3. The summed E-state index contributed by atoms with van der Waals surface area (Å²) in [5.74, 6) is 0.189. The van der Waals surface area contributed by atoms with Crippen LogP contribution in [0.1, 0.15) is 29.3 Å². The molecule has 2 aromatic heterocycles. The Labute approximate surface area is 173 Å². The van der Waals surface area contributed by atoms with Crippen molar-refractivity contribution in [1.82, 2.24) is 19.2 Å². The van der Waals surface area contributed by atoms with Gasteiger partial charge >= 0.3 is 0 Å². The molecule has 4 rings (SSSR count). The molecule has 3 aromatic rings. The summed E-state index contributed by atoms with van der Waals surface area (Å²) >= 11 is 0. The number of rotatable bonds is 4. The van der Waals surface area contributed by atoms with Crippen molar-refractivity contribution in [1.29, 1.82) is 0 Å². The van der Waals surface area contributed by atoms with Crippen LogP contribution in [0, 0.1) is 20.8 Å². The molecular formula is C24H30N4O. The van der Waals surface area contributed by atoms with Crippen molar-refractivity contribution in [3.63, 3.8) is 0 Å². The zero-order valence-electron chi connectivity index (χ0n) is 17.9. The molecule has 0 saturated carbocycles. The van der Waals surface area contributed by atoms with Crippen LogP contribution in [0.25, 0.3) is 16.9 Å². The molecule has 0 spiro atoms. The topological polar surface area (TPSA) is 40.8 Å². The number of benzene rings is 1. The number of hydrogen-bond donors (Lipinski definition) is 0. The molecule has 29 heavy (non-hydrogen) atoms. The Hall–Kier alpha value is -2.66. The van der Waals surface area contributed by atoms with Gasteiger partial charge in [0.25, 0.3) is 0 Å². The van der Waals surface area contributed by atoms with Gasteiger partial charge in [-0.1, -0.05) is 25.1 Å². The van der Waals surface area contributed by atoms with Gasteiger partial charge in [-0.15, -0.1) is 0 Å². The van der Waals surface area contributed by atoms with Gasteiger partial charge in [-0.05, 0) is 56.1 Å². The first-order valence-corrected chi connectivity index (χ1v) is 10.5. The van der Waals surface area contributed by atoms with E-state index in [2.05, 4.69) is 61.3 Å². The number of aryl methyl sites for hydroxylation is 3. The molecule has 0 unspecified atom stereocenters. The molecule has 1 fully saturated rings. The van der Waals surface area contributed by atoms with Gasteiger partial charge in [-0.3, -0.25) is 4.79 Å². The number of likely N-dealkylation sites (N-methyl/N-ethyl adjacent to an activating group) is 1. The highest BCUT2D eigenvalue weighted by atomic mass is 16.2. The van der Waals surface area contributed by atoms with Crippen LogP contribution in [0.4, 0.5) is 0 Å². The second-order valence-corrected chi connectivity index (χ2v) is 8.08. The molecule has 1 aliphatic heterocycles. The van der Waals surface area contributed by atoms with E-state index in [1.54, 1.807) is 0 Å². The molecule has 0 aliphatic carbocycles. The SMILES string of the molecule is CCN1CCN(C(=O)Cc2c(-c3ccc(C)c(C)c3)nc3c(C)cccn23)CC1. The Kier molecular flexibility index (Phi) is 5.41. The van der Waals surface area contributed by atoms with Gasteiger partial charge in [0.2, 0.25) is 5.91 Å². The minimum Gasteiger partial charge on any atom is -0.340 e. The monoisotopic (exact) mass is 390 g/mol. The van der Waals surface area contributed by atoms with Gasteiger partial charge in [0.15, 0.2) is 0 Å². The molecule has 1 aromatic carbocycles. The van der Waals surface area contributed by atoms with Crippen LogP contribution in [0.15, 0.2) is 36.5 Å². The summed E-state index contributed by atoms with van der Waals surface area (Å²) in [7, 11) is 0. The number of carbonyl (C=O) groups excluding carboxylic acids is 1. The zero-order valence-corrected chi connectivity index (χ0v) is 17.9. The molecule has 0 radical (unpaired) electrons. The van der Waals surface area contributed by atoms with Crippen LogP contribution in [-0.2, 0) is 11.2 Å². The highest BCUT2D eigenvalue weighted by Crippen LogP contribution is 2.28. The number of imidazole rings is 1. The molecule has 0 N–H and O–H groups in total. The number of carbonyl (C=O) groups is 1. The molecule has 1 saturated heterocycles. The van der Waals surface area contributed by atoms with E-state index in [9.17, 15) is 4.79 Å². The van der Waals surface area contributed by atoms with Crippen molar-refractivity contribution in [3.8, 4) is 11.3 Å². The summed E-state index contributed by atoms with van der Waals surface area (Å²) in [6.07, 6.45) is 2.40. The third kappa shape index (κ3) is 3.79. The maximum absolute atomic E-state index is 13.2. The van der Waals surface area contributed by atoms with E-state index in [-0.39, 0.29) is 5.91 Å². The molecule has 0 bridgehead atoms. The molecular weight excluding hydrogens is 360 g/mol. The number of piperazine rings is 1. The fraction of sp³-hybridized carbons (Fsp3) is 0.417. The van der Waals surface area contributed by atoms with Crippen LogP contribution >= 0.6 is 0 Å². The number of pyridine rings is 1. The highest BCUT2D eigenvalue weighted by molar-refractivity contribution is 5.82. The van der Waals surface area contributed by atoms with E-state index < -0.39 is 0 Å². The lowest BCUT2D eigenvalue weighted by atomic mass is 10.0. The van der Waals surface area contributed by atoms with Crippen LogP contribution in [-0.4, -0.2) is 57.8 Å². The third-order valence-electron chi connectivity index (χ3n) is 6.22. The van der Waals surface area contributed by atoms with Crippen LogP contribution < -0.4 is 0 Å². The first-order valence-electron chi connectivity index (χ1n) is 10.5. The minimum atomic E-state index is 0.189. The molecule has 3 heterocycles. The number of hydrogen-bond acceptors (Lipinski definition) is 3. The van der Waals surface area contributed by atoms with E-state index in [1.165, 1.54) is 11.1 Å². The number of nitrogens with zero attached hydrogens (tertiary/aromatic N) is 4. The van der Waals surface area contributed by atoms with Crippen molar-refractivity contribution < 1.29 is 4.79 Å². The summed E-state index contributed by atoms with van der Waals surface area (Å²) in [6.45, 7) is 13.1. The summed E-state index contributed by atoms with van der Waals surface area (Å²) in [5, 5.41) is 0. The smallest absolute Gasteiger partial charge is 0.228 e. The fourth-order valence-corrected chi connectivity index (χ4v) is 4.11. The maximum atomic E-state index is 13.2. The second-order valence-electron chi connectivity index (χ2n) is 8.08. The molecule has 1 aliphatic rings. The second kappa shape index (κ2) is 7.99. The normalized spacial score (nSPS) is 15.2. The van der Waals surface area contributed by atoms with E-state index in [0.717, 1.165) is 60.9 Å². The van der Waals surface area contributed by atoms with Gasteiger partial charge in [0.1, 0.15) is 5.65 Å². The van der Waals surface area contributed by atoms with Crippen molar-refractivity contribution in [2.24, 2.45) is 0 Å². The lowest BCUT2D eigenvalue weighted by Crippen LogP contribution is -2.49. The molecule has 1 amide bonds. The minimum absolute atomic E-state index is 0.189. The van der Waals surface area contributed by atoms with Gasteiger partial charge in [0.05, 0.1) is 17.8 Å². The Balaban J connectivity index is 1.71. The van der Waals surface area contributed by atoms with Crippen molar-refractivity contribution in [2.75, 3.05) is 32.7 Å². The first kappa shape index (κ1) is 19.6. The lowest BCUT2D eigenvalue weighted by Gasteiger charge is -2.34. The molecule has 0 atom stereocenters. The predicted octanol–water partition coefficient (Wildman–Crippen LogP) is 3.63. The summed E-state index contributed by atoms with van der Waals surface area (Å²) in [6, 6.07) is 10.5. The first-order chi connectivity index (χ1) is 14.0. The van der Waals surface area contributed by atoms with Crippen LogP contribution in [0.3, 0.4) is 0 Å². The van der Waals surface area contributed by atoms with Gasteiger partial charge in [0, 0.05) is 37.9 Å². The molecule has 5 heteroatoms. The predicted molar refractivity (Wildman–Crippen MR) is 117 cm³/mol. The number of aromatic nitrogens is 2. The average molecular weight is 391 g/mol. The number of fused-ring (bicyclic) bond motifs is 1. The van der Waals surface area contributed by atoms with E-state index in [0.29, 0.717) is 6.42 Å². The third-order valence-corrected chi connectivity index (χ3v) is 6.22. The largest absolute Gasteiger partial charge is 0.340 e. The van der Waals surface area contributed by atoms with Crippen molar-refractivity contribution >= 4 is 11.6 Å². The zero-order chi connectivity index (χ0) is 20.5. The molecule has 5 nitrogen and oxygen atoms in total. The van der Waals surface area contributed by atoms with Gasteiger partial charge in [-0.25, -0.2) is 4.98 Å². The average Bonchev–Trinajstić information content (AvgIpc) is 3.10. The van der Waals surface area contributed by atoms with Crippen LogP contribution in [0.2, 0.25) is 0 Å². The van der Waals surface area contributed by atoms with E-state index in [4.69, 9.17) is 4.98 Å². The summed E-state index contributed by atoms with van der Waals surface area (Å²) in [5.41, 5.74) is 7.53. The van der Waals surface area contributed by atoms with Gasteiger partial charge < -0.3 is 14.2 Å². The highest BCUT2D eigenvalue weighted by Gasteiger charge is 2.24. The fourth-order valence-electron chi connectivity index (χ4n) is 4.11. The van der Waals surface area contributed by atoms with Gasteiger partial charge in [-0.2, -0.15) is 0 Å². The van der Waals surface area contributed by atoms with Crippen LogP contribution in [0.5, 0.6) is 0 Å². The summed E-state index contributed by atoms with van der Waals surface area (Å²) < 4.78 is 2.10. The molecule has 152 valence electrons. The van der Waals surface area contributed by atoms with E-state index in [1.807, 2.05) is 17.2 Å². The Morgan fingerprint density at radius 2 is 1.76 bits per heavy atom. The van der Waals surface area contributed by atoms with Crippen molar-refractivity contribution in [2.45, 2.75) is 34.1 Å². The Morgan fingerprint density at radius 1 is 1.00 bits per heavy atom. The maximum Gasteiger partial charge on any atom is 0.228 e. The van der Waals surface area contributed by atoms with Crippen molar-refractivity contribution in [3.05, 3.63) is 58.9 Å². The Bertz CT molecular complexity index is 1040. The summed E-state index contributed by atoms with van der Waals surface area (Å²) in [4.78, 5) is 22.5.